The number of likely N-dealkylation sites (tertiary alicyclic amines) is 1. The molecule has 2 N–H and O–H groups in total. The van der Waals surface area contributed by atoms with E-state index in [1.165, 1.54) is 22.7 Å². The van der Waals surface area contributed by atoms with E-state index in [4.69, 9.17) is 0 Å². The Bertz CT molecular complexity index is 793. The standard InChI is InChI=1S/C20H27N5OS2/c1-15-18(28-14-24-15)19(26)22-9-10-23-20(21-2)25-11-8-16(12-25)13-27-17-6-4-3-5-7-17/h3-7,14,16H,8-13H2,1-2H3,(H,21,23)(H,22,26). The maximum atomic E-state index is 12.1. The number of aryl methyl sites for hydroxylation is 1. The lowest BCUT2D eigenvalue weighted by Crippen LogP contribution is -2.43. The average molecular weight is 418 g/mol. The van der Waals surface area contributed by atoms with Crippen molar-refractivity contribution in [3.05, 3.63) is 46.4 Å². The monoisotopic (exact) mass is 417 g/mol. The number of hydrogen-bond acceptors (Lipinski definition) is 5. The van der Waals surface area contributed by atoms with Crippen LogP contribution in [0.2, 0.25) is 0 Å². The third-order valence-corrected chi connectivity index (χ3v) is 6.84. The van der Waals surface area contributed by atoms with Crippen LogP contribution in [0.4, 0.5) is 0 Å². The predicted molar refractivity (Wildman–Crippen MR) is 117 cm³/mol. The molecule has 0 saturated carbocycles. The van der Waals surface area contributed by atoms with Gasteiger partial charge in [-0.15, -0.1) is 23.1 Å². The Hall–Kier alpha value is -2.06. The Morgan fingerprint density at radius 3 is 2.82 bits per heavy atom. The Balaban J connectivity index is 1.37. The smallest absolute Gasteiger partial charge is 0.263 e. The number of hydrogen-bond donors (Lipinski definition) is 2. The van der Waals surface area contributed by atoms with E-state index in [0.29, 0.717) is 23.9 Å². The van der Waals surface area contributed by atoms with E-state index in [1.54, 1.807) is 5.51 Å². The second-order valence-corrected chi connectivity index (χ2v) is 8.67. The van der Waals surface area contributed by atoms with Gasteiger partial charge >= 0.3 is 0 Å². The fourth-order valence-corrected chi connectivity index (χ4v) is 4.94. The molecule has 0 bridgehead atoms. The van der Waals surface area contributed by atoms with Gasteiger partial charge in [0, 0.05) is 43.9 Å². The summed E-state index contributed by atoms with van der Waals surface area (Å²) in [5.41, 5.74) is 2.48. The van der Waals surface area contributed by atoms with Crippen molar-refractivity contribution in [2.24, 2.45) is 10.9 Å². The largest absolute Gasteiger partial charge is 0.354 e. The number of guanidine groups is 1. The maximum Gasteiger partial charge on any atom is 0.263 e. The summed E-state index contributed by atoms with van der Waals surface area (Å²) in [5, 5.41) is 6.30. The van der Waals surface area contributed by atoms with Gasteiger partial charge < -0.3 is 15.5 Å². The molecule has 8 heteroatoms. The molecule has 1 aliphatic heterocycles. The van der Waals surface area contributed by atoms with Crippen LogP contribution in [0.3, 0.4) is 0 Å². The highest BCUT2D eigenvalue weighted by molar-refractivity contribution is 7.99. The SMILES string of the molecule is CN=C(NCCNC(=O)c1scnc1C)N1CCC(CSc2ccccc2)C1. The summed E-state index contributed by atoms with van der Waals surface area (Å²) in [6.45, 7) is 5.09. The van der Waals surface area contributed by atoms with E-state index in [2.05, 4.69) is 55.8 Å². The van der Waals surface area contributed by atoms with Crippen molar-refractivity contribution in [1.82, 2.24) is 20.5 Å². The average Bonchev–Trinajstić information content (AvgIpc) is 3.36. The van der Waals surface area contributed by atoms with Gasteiger partial charge in [-0.05, 0) is 31.4 Å². The number of carbonyl (C=O) groups is 1. The lowest BCUT2D eigenvalue weighted by atomic mass is 10.2. The molecule has 1 aliphatic rings. The molecule has 150 valence electrons. The Morgan fingerprint density at radius 2 is 2.11 bits per heavy atom. The van der Waals surface area contributed by atoms with E-state index in [0.717, 1.165) is 30.5 Å². The van der Waals surface area contributed by atoms with Gasteiger partial charge in [-0.1, -0.05) is 18.2 Å². The molecule has 0 aliphatic carbocycles. The molecule has 1 saturated heterocycles. The molecule has 2 aromatic rings. The minimum Gasteiger partial charge on any atom is -0.354 e. The third kappa shape index (κ3) is 5.72. The fraction of sp³-hybridized carbons (Fsp3) is 0.450. The first-order valence-corrected chi connectivity index (χ1v) is 11.4. The zero-order valence-corrected chi connectivity index (χ0v) is 18.0. The summed E-state index contributed by atoms with van der Waals surface area (Å²) >= 11 is 3.30. The van der Waals surface area contributed by atoms with Crippen LogP contribution in [0.15, 0.2) is 45.7 Å². The number of nitrogens with zero attached hydrogens (tertiary/aromatic N) is 3. The zero-order chi connectivity index (χ0) is 19.8. The minimum atomic E-state index is -0.0593. The molecular formula is C20H27N5OS2. The second kappa shape index (κ2) is 10.5. The van der Waals surface area contributed by atoms with Crippen LogP contribution in [-0.4, -0.2) is 60.7 Å². The highest BCUT2D eigenvalue weighted by atomic mass is 32.2. The van der Waals surface area contributed by atoms with Gasteiger partial charge in [-0.3, -0.25) is 9.79 Å². The number of benzene rings is 1. The van der Waals surface area contributed by atoms with Crippen molar-refractivity contribution >= 4 is 35.0 Å². The van der Waals surface area contributed by atoms with E-state index >= 15 is 0 Å². The number of carbonyl (C=O) groups excluding carboxylic acids is 1. The van der Waals surface area contributed by atoms with Crippen LogP contribution in [0.1, 0.15) is 21.8 Å². The summed E-state index contributed by atoms with van der Waals surface area (Å²) in [4.78, 5) is 25.0. The first-order chi connectivity index (χ1) is 13.7. The first kappa shape index (κ1) is 20.7. The molecule has 0 radical (unpaired) electrons. The van der Waals surface area contributed by atoms with Gasteiger partial charge in [0.15, 0.2) is 5.96 Å². The van der Waals surface area contributed by atoms with Gasteiger partial charge in [0.05, 0.1) is 11.2 Å². The number of amides is 1. The minimum absolute atomic E-state index is 0.0593. The van der Waals surface area contributed by atoms with E-state index in [9.17, 15) is 4.79 Å². The van der Waals surface area contributed by atoms with E-state index < -0.39 is 0 Å². The third-order valence-electron chi connectivity index (χ3n) is 4.67. The summed E-state index contributed by atoms with van der Waals surface area (Å²) in [7, 11) is 1.81. The molecule has 3 rings (SSSR count). The summed E-state index contributed by atoms with van der Waals surface area (Å²) < 4.78 is 0. The Kier molecular flexibility index (Phi) is 7.73. The molecule has 1 fully saturated rings. The number of thiazole rings is 1. The number of rotatable bonds is 7. The predicted octanol–water partition coefficient (Wildman–Crippen LogP) is 2.87. The lowest BCUT2D eigenvalue weighted by molar-refractivity contribution is 0.0957. The summed E-state index contributed by atoms with van der Waals surface area (Å²) in [5.74, 6) is 2.64. The highest BCUT2D eigenvalue weighted by Gasteiger charge is 2.24. The summed E-state index contributed by atoms with van der Waals surface area (Å²) in [6, 6.07) is 10.6. The van der Waals surface area contributed by atoms with Crippen LogP contribution in [0, 0.1) is 12.8 Å². The van der Waals surface area contributed by atoms with Crippen molar-refractivity contribution in [2.75, 3.05) is 39.0 Å². The van der Waals surface area contributed by atoms with Crippen molar-refractivity contribution in [1.29, 1.82) is 0 Å². The molecule has 1 aromatic heterocycles. The van der Waals surface area contributed by atoms with Gasteiger partial charge in [0.25, 0.3) is 5.91 Å². The zero-order valence-electron chi connectivity index (χ0n) is 16.4. The Labute approximate surface area is 174 Å². The number of thioether (sulfide) groups is 1. The normalized spacial score (nSPS) is 17.0. The molecule has 1 atom stereocenters. The number of aromatic nitrogens is 1. The molecule has 1 amide bonds. The van der Waals surface area contributed by atoms with E-state index in [-0.39, 0.29) is 5.91 Å². The van der Waals surface area contributed by atoms with Crippen molar-refractivity contribution in [2.45, 2.75) is 18.2 Å². The summed E-state index contributed by atoms with van der Waals surface area (Å²) in [6.07, 6.45) is 1.18. The highest BCUT2D eigenvalue weighted by Crippen LogP contribution is 2.25. The number of nitrogens with one attached hydrogen (secondary N) is 2. The van der Waals surface area contributed by atoms with Gasteiger partial charge in [-0.25, -0.2) is 4.98 Å². The van der Waals surface area contributed by atoms with Crippen molar-refractivity contribution in [3.8, 4) is 0 Å². The molecule has 1 unspecified atom stereocenters. The van der Waals surface area contributed by atoms with Crippen molar-refractivity contribution in [3.63, 3.8) is 0 Å². The van der Waals surface area contributed by atoms with Crippen LogP contribution >= 0.6 is 23.1 Å². The molecule has 1 aromatic carbocycles. The number of aliphatic imine (C=N–C) groups is 1. The lowest BCUT2D eigenvalue weighted by Gasteiger charge is -2.21. The second-order valence-electron chi connectivity index (χ2n) is 6.72. The van der Waals surface area contributed by atoms with Gasteiger partial charge in [-0.2, -0.15) is 0 Å². The Morgan fingerprint density at radius 1 is 1.32 bits per heavy atom. The topological polar surface area (TPSA) is 69.6 Å². The molecule has 6 nitrogen and oxygen atoms in total. The molecule has 0 spiro atoms. The molecule has 28 heavy (non-hydrogen) atoms. The van der Waals surface area contributed by atoms with Gasteiger partial charge in [0.1, 0.15) is 4.88 Å². The van der Waals surface area contributed by atoms with E-state index in [1.807, 2.05) is 25.7 Å². The van der Waals surface area contributed by atoms with Crippen LogP contribution in [-0.2, 0) is 0 Å². The maximum absolute atomic E-state index is 12.1. The van der Waals surface area contributed by atoms with Gasteiger partial charge in [0.2, 0.25) is 0 Å². The van der Waals surface area contributed by atoms with Crippen LogP contribution in [0.5, 0.6) is 0 Å². The molecular weight excluding hydrogens is 390 g/mol. The van der Waals surface area contributed by atoms with Crippen LogP contribution in [0.25, 0.3) is 0 Å². The fourth-order valence-electron chi connectivity index (χ4n) is 3.17. The van der Waals surface area contributed by atoms with Crippen LogP contribution < -0.4 is 10.6 Å². The first-order valence-electron chi connectivity index (χ1n) is 9.49. The van der Waals surface area contributed by atoms with Crippen molar-refractivity contribution < 1.29 is 4.79 Å². The quantitative estimate of drug-likeness (QED) is 0.314. The molecule has 2 heterocycles.